The molecule has 0 saturated carbocycles. The zero-order valence-corrected chi connectivity index (χ0v) is 7.92. The molecule has 0 bridgehead atoms. The van der Waals surface area contributed by atoms with Gasteiger partial charge in [0.25, 0.3) is 0 Å². The van der Waals surface area contributed by atoms with Gasteiger partial charge < -0.3 is 10.5 Å². The molecule has 1 heterocycles. The first-order valence-corrected chi connectivity index (χ1v) is 4.77. The summed E-state index contributed by atoms with van der Waals surface area (Å²) in [5.41, 5.74) is 7.27. The Bertz CT molecular complexity index is 311. The van der Waals surface area contributed by atoms with Crippen LogP contribution < -0.4 is 10.5 Å². The minimum atomic E-state index is -0.172. The largest absolute Gasteiger partial charge is 0.493 e. The third-order valence-electron chi connectivity index (χ3n) is 2.86. The molecule has 2 N–H and O–H groups in total. The lowest BCUT2D eigenvalue weighted by atomic mass is 9.83. The predicted molar refractivity (Wildman–Crippen MR) is 52.7 cm³/mol. The van der Waals surface area contributed by atoms with Gasteiger partial charge >= 0.3 is 0 Å². The van der Waals surface area contributed by atoms with Crippen molar-refractivity contribution in [3.63, 3.8) is 0 Å². The van der Waals surface area contributed by atoms with Crippen molar-refractivity contribution in [1.29, 1.82) is 0 Å². The number of rotatable bonds is 1. The van der Waals surface area contributed by atoms with E-state index in [9.17, 15) is 0 Å². The van der Waals surface area contributed by atoms with E-state index in [2.05, 4.69) is 13.0 Å². The van der Waals surface area contributed by atoms with Crippen LogP contribution in [0, 0.1) is 0 Å². The van der Waals surface area contributed by atoms with Gasteiger partial charge in [-0.05, 0) is 12.5 Å². The van der Waals surface area contributed by atoms with Gasteiger partial charge in [0.2, 0.25) is 0 Å². The maximum absolute atomic E-state index is 6.29. The van der Waals surface area contributed by atoms with Crippen LogP contribution in [-0.4, -0.2) is 6.61 Å². The summed E-state index contributed by atoms with van der Waals surface area (Å²) in [4.78, 5) is 0. The predicted octanol–water partition coefficient (Wildman–Crippen LogP) is 2.03. The second kappa shape index (κ2) is 3.04. The lowest BCUT2D eigenvalue weighted by molar-refractivity contribution is 0.212. The molecule has 0 amide bonds. The van der Waals surface area contributed by atoms with Crippen LogP contribution >= 0.6 is 0 Å². The van der Waals surface area contributed by atoms with Gasteiger partial charge in [0, 0.05) is 17.5 Å². The van der Waals surface area contributed by atoms with Crippen LogP contribution in [-0.2, 0) is 5.54 Å². The van der Waals surface area contributed by atoms with Gasteiger partial charge in [-0.2, -0.15) is 0 Å². The molecular weight excluding hydrogens is 162 g/mol. The molecule has 1 aromatic carbocycles. The molecule has 2 heteroatoms. The number of ether oxygens (including phenoxy) is 1. The number of nitrogens with two attached hydrogens (primary N) is 1. The van der Waals surface area contributed by atoms with Crippen LogP contribution in [0.3, 0.4) is 0 Å². The average Bonchev–Trinajstić information content (AvgIpc) is 2.19. The van der Waals surface area contributed by atoms with Gasteiger partial charge in [-0.3, -0.25) is 0 Å². The Morgan fingerprint density at radius 2 is 2.23 bits per heavy atom. The van der Waals surface area contributed by atoms with E-state index in [0.29, 0.717) is 0 Å². The average molecular weight is 177 g/mol. The number of para-hydroxylation sites is 1. The molecule has 2 rings (SSSR count). The highest BCUT2D eigenvalue weighted by molar-refractivity contribution is 5.40. The first-order valence-electron chi connectivity index (χ1n) is 4.77. The topological polar surface area (TPSA) is 35.2 Å². The summed E-state index contributed by atoms with van der Waals surface area (Å²) in [5.74, 6) is 0.957. The van der Waals surface area contributed by atoms with E-state index in [4.69, 9.17) is 10.5 Å². The molecule has 0 fully saturated rings. The van der Waals surface area contributed by atoms with Crippen molar-refractivity contribution in [2.75, 3.05) is 6.61 Å². The number of fused-ring (bicyclic) bond motifs is 1. The molecule has 13 heavy (non-hydrogen) atoms. The number of hydrogen-bond donors (Lipinski definition) is 1. The Morgan fingerprint density at radius 1 is 1.46 bits per heavy atom. The third kappa shape index (κ3) is 1.31. The molecule has 1 aliphatic rings. The smallest absolute Gasteiger partial charge is 0.124 e. The van der Waals surface area contributed by atoms with Gasteiger partial charge in [0.15, 0.2) is 0 Å². The third-order valence-corrected chi connectivity index (χ3v) is 2.86. The summed E-state index contributed by atoms with van der Waals surface area (Å²) < 4.78 is 5.54. The van der Waals surface area contributed by atoms with Crippen molar-refractivity contribution in [3.05, 3.63) is 29.8 Å². The van der Waals surface area contributed by atoms with Crippen molar-refractivity contribution in [2.45, 2.75) is 25.3 Å². The van der Waals surface area contributed by atoms with Crippen LogP contribution in [0.1, 0.15) is 25.3 Å². The fourth-order valence-electron chi connectivity index (χ4n) is 1.85. The van der Waals surface area contributed by atoms with Crippen molar-refractivity contribution >= 4 is 0 Å². The van der Waals surface area contributed by atoms with E-state index in [0.717, 1.165) is 30.8 Å². The van der Waals surface area contributed by atoms with Crippen molar-refractivity contribution in [3.8, 4) is 5.75 Å². The van der Waals surface area contributed by atoms with Crippen molar-refractivity contribution < 1.29 is 4.74 Å². The van der Waals surface area contributed by atoms with Gasteiger partial charge in [-0.1, -0.05) is 25.1 Å². The Balaban J connectivity index is 2.48. The fraction of sp³-hybridized carbons (Fsp3) is 0.455. The summed E-state index contributed by atoms with van der Waals surface area (Å²) >= 11 is 0. The van der Waals surface area contributed by atoms with E-state index < -0.39 is 0 Å². The molecule has 0 aromatic heterocycles. The van der Waals surface area contributed by atoms with Gasteiger partial charge in [0.1, 0.15) is 5.75 Å². The minimum Gasteiger partial charge on any atom is -0.493 e. The van der Waals surface area contributed by atoms with E-state index in [1.807, 2.05) is 18.2 Å². The van der Waals surface area contributed by atoms with Crippen LogP contribution in [0.5, 0.6) is 5.75 Å². The molecule has 1 atom stereocenters. The van der Waals surface area contributed by atoms with Crippen LogP contribution in [0.4, 0.5) is 0 Å². The summed E-state index contributed by atoms with van der Waals surface area (Å²) in [7, 11) is 0. The molecule has 0 saturated heterocycles. The Kier molecular flexibility index (Phi) is 2.00. The normalized spacial score (nSPS) is 26.3. The Hall–Kier alpha value is -1.02. The summed E-state index contributed by atoms with van der Waals surface area (Å²) in [6, 6.07) is 8.06. The lowest BCUT2D eigenvalue weighted by Gasteiger charge is -2.34. The molecule has 1 aliphatic heterocycles. The Morgan fingerprint density at radius 3 is 3.00 bits per heavy atom. The monoisotopic (exact) mass is 177 g/mol. The van der Waals surface area contributed by atoms with Crippen molar-refractivity contribution in [1.82, 2.24) is 0 Å². The van der Waals surface area contributed by atoms with Gasteiger partial charge in [-0.15, -0.1) is 0 Å². The summed E-state index contributed by atoms with van der Waals surface area (Å²) in [6.45, 7) is 2.86. The zero-order chi connectivity index (χ0) is 9.31. The molecule has 1 aromatic rings. The molecule has 0 aliphatic carbocycles. The zero-order valence-electron chi connectivity index (χ0n) is 7.92. The summed E-state index contributed by atoms with van der Waals surface area (Å²) in [5, 5.41) is 0. The molecular formula is C11H15NO. The molecule has 2 nitrogen and oxygen atoms in total. The van der Waals surface area contributed by atoms with Crippen molar-refractivity contribution in [2.24, 2.45) is 5.73 Å². The summed E-state index contributed by atoms with van der Waals surface area (Å²) in [6.07, 6.45) is 1.88. The second-order valence-corrected chi connectivity index (χ2v) is 3.60. The van der Waals surface area contributed by atoms with Gasteiger partial charge in [0.05, 0.1) is 6.61 Å². The fourth-order valence-corrected chi connectivity index (χ4v) is 1.85. The Labute approximate surface area is 78.7 Å². The molecule has 0 spiro atoms. The quantitative estimate of drug-likeness (QED) is 0.712. The number of benzene rings is 1. The molecule has 0 radical (unpaired) electrons. The standard InChI is InChI=1S/C11H15NO/c1-2-11(12)7-8-13-10-6-4-3-5-9(10)11/h3-6H,2,7-8,12H2,1H3. The SMILES string of the molecule is CCC1(N)CCOc2ccccc21. The van der Waals surface area contributed by atoms with Gasteiger partial charge in [-0.25, -0.2) is 0 Å². The van der Waals surface area contributed by atoms with E-state index in [-0.39, 0.29) is 5.54 Å². The maximum Gasteiger partial charge on any atom is 0.124 e. The lowest BCUT2D eigenvalue weighted by Crippen LogP contribution is -2.40. The highest BCUT2D eigenvalue weighted by Crippen LogP contribution is 2.36. The second-order valence-electron chi connectivity index (χ2n) is 3.60. The molecule has 70 valence electrons. The maximum atomic E-state index is 6.29. The molecule has 1 unspecified atom stereocenters. The van der Waals surface area contributed by atoms with Crippen LogP contribution in [0.25, 0.3) is 0 Å². The van der Waals surface area contributed by atoms with Crippen LogP contribution in [0.2, 0.25) is 0 Å². The number of hydrogen-bond acceptors (Lipinski definition) is 2. The van der Waals surface area contributed by atoms with E-state index in [1.54, 1.807) is 0 Å². The van der Waals surface area contributed by atoms with E-state index >= 15 is 0 Å². The first-order chi connectivity index (χ1) is 6.26. The van der Waals surface area contributed by atoms with Crippen LogP contribution in [0.15, 0.2) is 24.3 Å². The highest BCUT2D eigenvalue weighted by atomic mass is 16.5. The first kappa shape index (κ1) is 8.57. The highest BCUT2D eigenvalue weighted by Gasteiger charge is 2.31. The minimum absolute atomic E-state index is 0.172. The van der Waals surface area contributed by atoms with E-state index in [1.165, 1.54) is 0 Å².